The molecule has 0 unspecified atom stereocenters. The van der Waals surface area contributed by atoms with Crippen LogP contribution in [0.4, 0.5) is 0 Å². The molecule has 1 aromatic rings. The summed E-state index contributed by atoms with van der Waals surface area (Å²) in [6.07, 6.45) is 4.94. The molecule has 10 heteroatoms. The molecule has 0 aliphatic carbocycles. The van der Waals surface area contributed by atoms with Gasteiger partial charge < -0.3 is 20.5 Å². The summed E-state index contributed by atoms with van der Waals surface area (Å²) in [5.41, 5.74) is 2.40. The number of aromatic amines is 1. The molecule has 0 aromatic carbocycles. The minimum absolute atomic E-state index is 0.111. The number of aliphatic hydroxyl groups is 1. The summed E-state index contributed by atoms with van der Waals surface area (Å²) in [4.78, 5) is 40.0. The van der Waals surface area contributed by atoms with Gasteiger partial charge in [-0.05, 0) is 39.2 Å². The number of H-pyrrole nitrogens is 1. The van der Waals surface area contributed by atoms with Gasteiger partial charge in [-0.15, -0.1) is 0 Å². The summed E-state index contributed by atoms with van der Waals surface area (Å²) in [6.45, 7) is 3.51. The van der Waals surface area contributed by atoms with Gasteiger partial charge in [0.1, 0.15) is 5.02 Å². The van der Waals surface area contributed by atoms with Crippen LogP contribution >= 0.6 is 11.6 Å². The number of hydrogen-bond acceptors (Lipinski definition) is 6. The normalized spacial score (nSPS) is 26.6. The predicted octanol–water partition coefficient (Wildman–Crippen LogP) is 0.393. The highest BCUT2D eigenvalue weighted by Crippen LogP contribution is 2.43. The number of aromatic nitrogens is 2. The molecule has 1 amide bonds. The summed E-state index contributed by atoms with van der Waals surface area (Å²) in [5.74, 6) is 0.128. The van der Waals surface area contributed by atoms with Crippen LogP contribution in [0, 0.1) is 0 Å². The topological polar surface area (TPSA) is 131 Å². The van der Waals surface area contributed by atoms with E-state index in [0.29, 0.717) is 45.3 Å². The monoisotopic (exact) mass is 428 g/mol. The maximum Gasteiger partial charge on any atom is 0.328 e. The molecule has 0 radical (unpaired) electrons. The average Bonchev–Trinajstić information content (AvgIpc) is 2.65. The van der Waals surface area contributed by atoms with Crippen LogP contribution in [0.25, 0.3) is 0 Å². The van der Waals surface area contributed by atoms with Crippen LogP contribution in [0.15, 0.2) is 15.8 Å². The van der Waals surface area contributed by atoms with Crippen LogP contribution in [0.2, 0.25) is 5.02 Å². The Balaban J connectivity index is 1.67. The zero-order valence-corrected chi connectivity index (χ0v) is 17.4. The SMILES string of the molecule is C[C@]1(O)CC2(CCN(C(=O)CCCCN)CC2)OC[C@@H]1n1cc(Cl)c(=O)[nH]c1=O. The fraction of sp³-hybridized carbons (Fsp3) is 0.737. The van der Waals surface area contributed by atoms with Crippen molar-refractivity contribution in [3.8, 4) is 0 Å². The number of piperidine rings is 1. The molecular weight excluding hydrogens is 400 g/mol. The number of amides is 1. The minimum Gasteiger partial charge on any atom is -0.388 e. The van der Waals surface area contributed by atoms with Gasteiger partial charge in [0.15, 0.2) is 0 Å². The lowest BCUT2D eigenvalue weighted by atomic mass is 9.75. The molecule has 2 aliphatic rings. The summed E-state index contributed by atoms with van der Waals surface area (Å²) < 4.78 is 7.38. The second-order valence-corrected chi connectivity index (χ2v) is 8.72. The number of rotatable bonds is 5. The number of likely N-dealkylation sites (tertiary alicyclic amines) is 1. The molecule has 2 saturated heterocycles. The lowest BCUT2D eigenvalue weighted by Crippen LogP contribution is -2.59. The van der Waals surface area contributed by atoms with E-state index in [1.807, 2.05) is 4.90 Å². The van der Waals surface area contributed by atoms with Gasteiger partial charge >= 0.3 is 5.69 Å². The van der Waals surface area contributed by atoms with Gasteiger partial charge in [0.05, 0.1) is 23.9 Å². The van der Waals surface area contributed by atoms with Crippen LogP contribution < -0.4 is 17.0 Å². The van der Waals surface area contributed by atoms with Crippen LogP contribution in [0.3, 0.4) is 0 Å². The van der Waals surface area contributed by atoms with Crippen molar-refractivity contribution in [1.29, 1.82) is 0 Å². The number of ether oxygens (including phenoxy) is 1. The van der Waals surface area contributed by atoms with Crippen LogP contribution in [0.5, 0.6) is 0 Å². The molecule has 2 atom stereocenters. The maximum atomic E-state index is 12.3. The fourth-order valence-corrected chi connectivity index (χ4v) is 4.54. The fourth-order valence-electron chi connectivity index (χ4n) is 4.39. The Kier molecular flexibility index (Phi) is 6.52. The Bertz CT molecular complexity index is 857. The number of halogens is 1. The molecule has 9 nitrogen and oxygen atoms in total. The summed E-state index contributed by atoms with van der Waals surface area (Å²) in [5, 5.41) is 11.0. The van der Waals surface area contributed by atoms with Crippen LogP contribution in [-0.4, -0.2) is 62.9 Å². The molecule has 0 saturated carbocycles. The highest BCUT2D eigenvalue weighted by molar-refractivity contribution is 6.30. The van der Waals surface area contributed by atoms with Gasteiger partial charge in [-0.25, -0.2) is 4.79 Å². The molecule has 0 bridgehead atoms. The predicted molar refractivity (Wildman–Crippen MR) is 108 cm³/mol. The zero-order chi connectivity index (χ0) is 21.2. The first-order valence-electron chi connectivity index (χ1n) is 10.0. The molecular formula is C19H29ClN4O5. The molecule has 162 valence electrons. The largest absolute Gasteiger partial charge is 0.388 e. The number of carbonyl (C=O) groups is 1. The highest BCUT2D eigenvalue weighted by atomic mass is 35.5. The first-order valence-corrected chi connectivity index (χ1v) is 10.4. The third-order valence-corrected chi connectivity index (χ3v) is 6.35. The molecule has 2 fully saturated rings. The number of carbonyl (C=O) groups excluding carboxylic acids is 1. The van der Waals surface area contributed by atoms with Crippen molar-refractivity contribution in [3.63, 3.8) is 0 Å². The molecule has 3 rings (SSSR count). The summed E-state index contributed by atoms with van der Waals surface area (Å²) >= 11 is 5.86. The third kappa shape index (κ3) is 4.74. The lowest BCUT2D eigenvalue weighted by Gasteiger charge is -2.51. The van der Waals surface area contributed by atoms with Gasteiger partial charge in [0.2, 0.25) is 5.91 Å². The van der Waals surface area contributed by atoms with Crippen molar-refractivity contribution in [2.24, 2.45) is 5.73 Å². The Morgan fingerprint density at radius 3 is 2.69 bits per heavy atom. The standard InChI is InChI=1S/C19H29ClN4O5/c1-18(28)12-19(5-8-23(9-6-19)15(25)4-2-3-7-21)29-11-14(18)24-10-13(20)16(26)22-17(24)27/h10,14,28H,2-9,11-12,21H2,1H3,(H,22,26,27)/t14-,18-/m0/s1. The van der Waals surface area contributed by atoms with E-state index >= 15 is 0 Å². The zero-order valence-electron chi connectivity index (χ0n) is 16.7. The van der Waals surface area contributed by atoms with E-state index in [2.05, 4.69) is 4.98 Å². The van der Waals surface area contributed by atoms with Crippen molar-refractivity contribution in [2.45, 2.75) is 62.7 Å². The Hall–Kier alpha value is -1.68. The number of nitrogens with two attached hydrogens (primary N) is 1. The van der Waals surface area contributed by atoms with E-state index in [1.54, 1.807) is 6.92 Å². The van der Waals surface area contributed by atoms with Gasteiger partial charge in [-0.1, -0.05) is 11.6 Å². The Morgan fingerprint density at radius 2 is 2.07 bits per heavy atom. The van der Waals surface area contributed by atoms with E-state index in [1.165, 1.54) is 10.8 Å². The minimum atomic E-state index is -1.24. The van der Waals surface area contributed by atoms with E-state index < -0.39 is 28.5 Å². The Morgan fingerprint density at radius 1 is 1.38 bits per heavy atom. The molecule has 1 spiro atoms. The molecule has 29 heavy (non-hydrogen) atoms. The van der Waals surface area contributed by atoms with Crippen molar-refractivity contribution >= 4 is 17.5 Å². The van der Waals surface area contributed by atoms with Crippen LogP contribution in [0.1, 0.15) is 51.5 Å². The van der Waals surface area contributed by atoms with Gasteiger partial charge in [0.25, 0.3) is 5.56 Å². The number of hydrogen-bond donors (Lipinski definition) is 3. The quantitative estimate of drug-likeness (QED) is 0.581. The second kappa shape index (κ2) is 8.59. The molecule has 2 aliphatic heterocycles. The smallest absolute Gasteiger partial charge is 0.328 e. The van der Waals surface area contributed by atoms with Crippen LogP contribution in [-0.2, 0) is 9.53 Å². The first-order chi connectivity index (χ1) is 13.7. The van der Waals surface area contributed by atoms with Crippen molar-refractivity contribution in [2.75, 3.05) is 26.2 Å². The summed E-state index contributed by atoms with van der Waals surface area (Å²) in [7, 11) is 0. The van der Waals surface area contributed by atoms with Crippen molar-refractivity contribution < 1.29 is 14.6 Å². The maximum absolute atomic E-state index is 12.3. The molecule has 4 N–H and O–H groups in total. The molecule has 3 heterocycles. The van der Waals surface area contributed by atoms with Crippen molar-refractivity contribution in [3.05, 3.63) is 32.1 Å². The second-order valence-electron chi connectivity index (χ2n) is 8.31. The van der Waals surface area contributed by atoms with E-state index in [-0.39, 0.29) is 17.5 Å². The number of unbranched alkanes of at least 4 members (excludes halogenated alkanes) is 1. The number of nitrogens with one attached hydrogen (secondary N) is 1. The van der Waals surface area contributed by atoms with E-state index in [9.17, 15) is 19.5 Å². The van der Waals surface area contributed by atoms with Gasteiger partial charge in [-0.3, -0.25) is 19.1 Å². The highest BCUT2D eigenvalue weighted by Gasteiger charge is 2.50. The van der Waals surface area contributed by atoms with Crippen molar-refractivity contribution in [1.82, 2.24) is 14.5 Å². The average molecular weight is 429 g/mol. The molecule has 1 aromatic heterocycles. The summed E-state index contributed by atoms with van der Waals surface area (Å²) in [6, 6.07) is -0.675. The lowest BCUT2D eigenvalue weighted by molar-refractivity contribution is -0.198. The third-order valence-electron chi connectivity index (χ3n) is 6.08. The Labute approximate surface area is 173 Å². The number of nitrogens with zero attached hydrogens (tertiary/aromatic N) is 2. The van der Waals surface area contributed by atoms with E-state index in [4.69, 9.17) is 22.1 Å². The van der Waals surface area contributed by atoms with E-state index in [0.717, 1.165) is 12.8 Å². The van der Waals surface area contributed by atoms with Gasteiger partial charge in [-0.2, -0.15) is 0 Å². The van der Waals surface area contributed by atoms with Gasteiger partial charge in [0, 0.05) is 32.1 Å². The first kappa shape index (κ1) is 22.0.